The number of hydrogen-bond donors (Lipinski definition) is 2. The van der Waals surface area contributed by atoms with E-state index in [1.54, 1.807) is 0 Å². The third-order valence-electron chi connectivity index (χ3n) is 2.16. The summed E-state index contributed by atoms with van der Waals surface area (Å²) in [4.78, 5) is 15.8. The van der Waals surface area contributed by atoms with Crippen LogP contribution in [0.1, 0.15) is 6.42 Å². The van der Waals surface area contributed by atoms with Gasteiger partial charge in [0, 0.05) is 17.1 Å². The first-order valence-corrected chi connectivity index (χ1v) is 6.37. The highest BCUT2D eigenvalue weighted by atomic mass is 32.2. The lowest BCUT2D eigenvalue weighted by molar-refractivity contribution is -0.115. The molecule has 0 aliphatic rings. The van der Waals surface area contributed by atoms with Crippen molar-refractivity contribution in [3.8, 4) is 0 Å². The minimum Gasteiger partial charge on any atom is -0.295 e. The number of nitrogens with one attached hydrogen (secondary N) is 2. The molecule has 0 atom stereocenters. The molecule has 1 aromatic carbocycles. The number of hydrogen-bond acceptors (Lipinski definition) is 4. The molecule has 0 unspecified atom stereocenters. The summed E-state index contributed by atoms with van der Waals surface area (Å²) < 4.78 is 25.6. The first kappa shape index (κ1) is 13.5. The van der Waals surface area contributed by atoms with Crippen LogP contribution >= 0.6 is 11.8 Å². The fraction of sp³-hybridized carbons (Fsp3) is 0.182. The van der Waals surface area contributed by atoms with Gasteiger partial charge in [-0.05, 0) is 18.2 Å². The van der Waals surface area contributed by atoms with Gasteiger partial charge in [0.2, 0.25) is 11.9 Å². The Kier molecular flexibility index (Phi) is 4.45. The van der Waals surface area contributed by atoms with Crippen LogP contribution in [-0.4, -0.2) is 26.8 Å². The maximum Gasteiger partial charge on any atom is 0.227 e. The molecule has 1 amide bonds. The maximum atomic E-state index is 12.9. The SMILES string of the molecule is O=C(CCSc1ccc(F)c(F)c1)Nc1ncn[nH]1. The Balaban J connectivity index is 1.76. The van der Waals surface area contributed by atoms with Crippen LogP contribution in [0.3, 0.4) is 0 Å². The minimum absolute atomic E-state index is 0.227. The highest BCUT2D eigenvalue weighted by Gasteiger charge is 2.06. The lowest BCUT2D eigenvalue weighted by Gasteiger charge is -2.03. The van der Waals surface area contributed by atoms with E-state index in [1.807, 2.05) is 0 Å². The van der Waals surface area contributed by atoms with E-state index in [0.29, 0.717) is 10.6 Å². The molecule has 19 heavy (non-hydrogen) atoms. The number of carbonyl (C=O) groups is 1. The van der Waals surface area contributed by atoms with Gasteiger partial charge in [-0.3, -0.25) is 10.1 Å². The van der Waals surface area contributed by atoms with Crippen molar-refractivity contribution in [2.45, 2.75) is 11.3 Å². The average molecular weight is 284 g/mol. The molecule has 0 saturated carbocycles. The van der Waals surface area contributed by atoms with E-state index in [4.69, 9.17) is 0 Å². The molecule has 0 aliphatic heterocycles. The van der Waals surface area contributed by atoms with Crippen LogP contribution in [0.15, 0.2) is 29.4 Å². The molecule has 1 aromatic heterocycles. The molecule has 2 rings (SSSR count). The standard InChI is InChI=1S/C11H10F2N4OS/c12-8-2-1-7(5-9(8)13)19-4-3-10(18)16-11-14-6-15-17-11/h1-2,5-6H,3-4H2,(H2,14,15,16,17,18). The highest BCUT2D eigenvalue weighted by molar-refractivity contribution is 7.99. The number of thioether (sulfide) groups is 1. The summed E-state index contributed by atoms with van der Waals surface area (Å²) in [6.45, 7) is 0. The summed E-state index contributed by atoms with van der Waals surface area (Å²) in [5.74, 6) is -1.27. The lowest BCUT2D eigenvalue weighted by atomic mass is 10.3. The monoisotopic (exact) mass is 284 g/mol. The zero-order valence-electron chi connectivity index (χ0n) is 9.69. The Morgan fingerprint density at radius 1 is 1.37 bits per heavy atom. The number of benzene rings is 1. The second-order valence-electron chi connectivity index (χ2n) is 3.56. The summed E-state index contributed by atoms with van der Waals surface area (Å²) in [6.07, 6.45) is 1.51. The Morgan fingerprint density at radius 3 is 2.89 bits per heavy atom. The van der Waals surface area contributed by atoms with Crippen molar-refractivity contribution in [3.05, 3.63) is 36.2 Å². The van der Waals surface area contributed by atoms with Gasteiger partial charge >= 0.3 is 0 Å². The van der Waals surface area contributed by atoms with E-state index in [1.165, 1.54) is 24.2 Å². The van der Waals surface area contributed by atoms with Crippen LogP contribution in [0.4, 0.5) is 14.7 Å². The molecule has 1 heterocycles. The molecular weight excluding hydrogens is 274 g/mol. The second-order valence-corrected chi connectivity index (χ2v) is 4.72. The van der Waals surface area contributed by atoms with Gasteiger partial charge < -0.3 is 0 Å². The number of amides is 1. The Morgan fingerprint density at radius 2 is 2.21 bits per heavy atom. The van der Waals surface area contributed by atoms with Crippen LogP contribution in [0.2, 0.25) is 0 Å². The molecule has 0 bridgehead atoms. The van der Waals surface area contributed by atoms with Crippen molar-refractivity contribution in [2.24, 2.45) is 0 Å². The number of nitrogens with zero attached hydrogens (tertiary/aromatic N) is 2. The van der Waals surface area contributed by atoms with E-state index in [2.05, 4.69) is 20.5 Å². The van der Waals surface area contributed by atoms with Gasteiger partial charge in [-0.2, -0.15) is 10.1 Å². The molecule has 100 valence electrons. The quantitative estimate of drug-likeness (QED) is 0.826. The van der Waals surface area contributed by atoms with E-state index in [9.17, 15) is 13.6 Å². The molecule has 5 nitrogen and oxygen atoms in total. The molecule has 0 radical (unpaired) electrons. The van der Waals surface area contributed by atoms with E-state index in [0.717, 1.165) is 12.1 Å². The number of halogens is 2. The molecule has 0 saturated heterocycles. The van der Waals surface area contributed by atoms with Gasteiger partial charge in [-0.1, -0.05) is 0 Å². The van der Waals surface area contributed by atoms with Gasteiger partial charge in [-0.15, -0.1) is 11.8 Å². The molecule has 2 N–H and O–H groups in total. The minimum atomic E-state index is -0.892. The summed E-state index contributed by atoms with van der Waals surface area (Å²) in [6, 6.07) is 3.64. The first-order valence-electron chi connectivity index (χ1n) is 5.38. The normalized spacial score (nSPS) is 10.4. The number of aromatic amines is 1. The number of anilines is 1. The number of carbonyl (C=O) groups excluding carboxylic acids is 1. The average Bonchev–Trinajstić information content (AvgIpc) is 2.86. The van der Waals surface area contributed by atoms with Gasteiger partial charge in [0.1, 0.15) is 6.33 Å². The summed E-state index contributed by atoms with van der Waals surface area (Å²) >= 11 is 1.27. The molecule has 8 heteroatoms. The summed E-state index contributed by atoms with van der Waals surface area (Å²) in [7, 11) is 0. The number of rotatable bonds is 5. The number of aromatic nitrogens is 3. The molecule has 0 fully saturated rings. The smallest absolute Gasteiger partial charge is 0.227 e. The van der Waals surface area contributed by atoms with Crippen LogP contribution < -0.4 is 5.32 Å². The van der Waals surface area contributed by atoms with Gasteiger partial charge in [0.25, 0.3) is 0 Å². The Bertz CT molecular complexity index is 562. The molecule has 2 aromatic rings. The predicted molar refractivity (Wildman–Crippen MR) is 66.7 cm³/mol. The Labute approximate surface area is 111 Å². The fourth-order valence-electron chi connectivity index (χ4n) is 1.29. The third kappa shape index (κ3) is 4.02. The van der Waals surface area contributed by atoms with Gasteiger partial charge in [0.05, 0.1) is 0 Å². The third-order valence-corrected chi connectivity index (χ3v) is 3.16. The molecule has 0 aliphatic carbocycles. The van der Waals surface area contributed by atoms with Gasteiger partial charge in [-0.25, -0.2) is 13.9 Å². The van der Waals surface area contributed by atoms with E-state index >= 15 is 0 Å². The molecular formula is C11H10F2N4OS. The zero-order chi connectivity index (χ0) is 13.7. The number of H-pyrrole nitrogens is 1. The first-order chi connectivity index (χ1) is 9.15. The van der Waals surface area contributed by atoms with Crippen molar-refractivity contribution in [3.63, 3.8) is 0 Å². The maximum absolute atomic E-state index is 12.9. The Hall–Kier alpha value is -1.96. The lowest BCUT2D eigenvalue weighted by Crippen LogP contribution is -2.13. The van der Waals surface area contributed by atoms with Crippen molar-refractivity contribution in [1.29, 1.82) is 0 Å². The van der Waals surface area contributed by atoms with E-state index in [-0.39, 0.29) is 18.3 Å². The van der Waals surface area contributed by atoms with Crippen LogP contribution in [-0.2, 0) is 4.79 Å². The van der Waals surface area contributed by atoms with Crippen LogP contribution in [0.5, 0.6) is 0 Å². The van der Waals surface area contributed by atoms with Crippen LogP contribution in [0.25, 0.3) is 0 Å². The second kappa shape index (κ2) is 6.28. The van der Waals surface area contributed by atoms with Crippen molar-refractivity contribution >= 4 is 23.6 Å². The zero-order valence-corrected chi connectivity index (χ0v) is 10.5. The highest BCUT2D eigenvalue weighted by Crippen LogP contribution is 2.21. The molecule has 0 spiro atoms. The van der Waals surface area contributed by atoms with Crippen molar-refractivity contribution < 1.29 is 13.6 Å². The summed E-state index contributed by atoms with van der Waals surface area (Å²) in [5.41, 5.74) is 0. The fourth-order valence-corrected chi connectivity index (χ4v) is 2.16. The van der Waals surface area contributed by atoms with Crippen LogP contribution in [0, 0.1) is 11.6 Å². The van der Waals surface area contributed by atoms with Crippen molar-refractivity contribution in [1.82, 2.24) is 15.2 Å². The summed E-state index contributed by atoms with van der Waals surface area (Å²) in [5, 5.41) is 8.60. The largest absolute Gasteiger partial charge is 0.295 e. The van der Waals surface area contributed by atoms with Gasteiger partial charge in [0.15, 0.2) is 11.6 Å². The van der Waals surface area contributed by atoms with Crippen molar-refractivity contribution in [2.75, 3.05) is 11.1 Å². The topological polar surface area (TPSA) is 70.7 Å². The van der Waals surface area contributed by atoms with E-state index < -0.39 is 11.6 Å². The predicted octanol–water partition coefficient (Wildman–Crippen LogP) is 2.20.